The summed E-state index contributed by atoms with van der Waals surface area (Å²) in [6.07, 6.45) is 2.56. The van der Waals surface area contributed by atoms with E-state index in [0.29, 0.717) is 12.5 Å². The number of fused-ring (bicyclic) bond motifs is 2. The van der Waals surface area contributed by atoms with Gasteiger partial charge in [0.25, 0.3) is 0 Å². The van der Waals surface area contributed by atoms with Crippen LogP contribution in [0.1, 0.15) is 12.1 Å². The fraction of sp³-hybridized carbons (Fsp3) is 0.500. The molecule has 4 heterocycles. The Kier molecular flexibility index (Phi) is 2.70. The lowest BCUT2D eigenvalue weighted by molar-refractivity contribution is 0.147. The molecule has 20 heavy (non-hydrogen) atoms. The molecule has 0 amide bonds. The summed E-state index contributed by atoms with van der Waals surface area (Å²) in [5, 5.41) is 0.919. The fourth-order valence-electron chi connectivity index (χ4n) is 2.92. The smallest absolute Gasteiger partial charge is 0.227 e. The van der Waals surface area contributed by atoms with Gasteiger partial charge < -0.3 is 14.4 Å². The van der Waals surface area contributed by atoms with Gasteiger partial charge in [0.1, 0.15) is 24.1 Å². The Balaban J connectivity index is 1.95. The third-order valence-corrected chi connectivity index (χ3v) is 3.89. The Labute approximate surface area is 116 Å². The summed E-state index contributed by atoms with van der Waals surface area (Å²) in [5.74, 6) is 1.58. The molecule has 2 aromatic heterocycles. The first-order valence-corrected chi connectivity index (χ1v) is 6.92. The highest BCUT2D eigenvalue weighted by Gasteiger charge is 2.29. The van der Waals surface area contributed by atoms with Gasteiger partial charge in [-0.3, -0.25) is 0 Å². The summed E-state index contributed by atoms with van der Waals surface area (Å²) in [4.78, 5) is 15.6. The van der Waals surface area contributed by atoms with Gasteiger partial charge in [-0.2, -0.15) is 0 Å². The fourth-order valence-corrected chi connectivity index (χ4v) is 2.92. The van der Waals surface area contributed by atoms with Crippen molar-refractivity contribution < 1.29 is 9.47 Å². The molecule has 1 unspecified atom stereocenters. The number of rotatable bonds is 0. The Morgan fingerprint density at radius 1 is 1.30 bits per heavy atom. The van der Waals surface area contributed by atoms with E-state index in [1.807, 2.05) is 13.0 Å². The van der Waals surface area contributed by atoms with Crippen LogP contribution in [0.3, 0.4) is 0 Å². The van der Waals surface area contributed by atoms with Crippen molar-refractivity contribution in [2.24, 2.45) is 0 Å². The second-order valence-electron chi connectivity index (χ2n) is 5.22. The monoisotopic (exact) mass is 272 g/mol. The minimum atomic E-state index is 0.283. The van der Waals surface area contributed by atoms with Gasteiger partial charge in [0.15, 0.2) is 0 Å². The van der Waals surface area contributed by atoms with E-state index < -0.39 is 0 Å². The third kappa shape index (κ3) is 1.79. The number of nitrogens with zero attached hydrogens (tertiary/aromatic N) is 4. The van der Waals surface area contributed by atoms with E-state index in [0.717, 1.165) is 48.6 Å². The molecule has 0 radical (unpaired) electrons. The van der Waals surface area contributed by atoms with E-state index in [1.54, 1.807) is 6.33 Å². The van der Waals surface area contributed by atoms with Crippen LogP contribution >= 0.6 is 0 Å². The Morgan fingerprint density at radius 2 is 2.25 bits per heavy atom. The summed E-state index contributed by atoms with van der Waals surface area (Å²) in [7, 11) is 0. The lowest BCUT2D eigenvalue weighted by atomic mass is 10.2. The minimum absolute atomic E-state index is 0.283. The Morgan fingerprint density at radius 3 is 3.20 bits per heavy atom. The van der Waals surface area contributed by atoms with Crippen LogP contribution in [0.5, 0.6) is 5.88 Å². The van der Waals surface area contributed by atoms with Crippen LogP contribution in [0.4, 0.5) is 5.82 Å². The number of ether oxygens (including phenoxy) is 2. The maximum atomic E-state index is 5.94. The Hall–Kier alpha value is -1.95. The molecule has 0 bridgehead atoms. The van der Waals surface area contributed by atoms with Crippen LogP contribution in [0.25, 0.3) is 10.9 Å². The lowest BCUT2D eigenvalue weighted by Crippen LogP contribution is -2.39. The van der Waals surface area contributed by atoms with E-state index in [4.69, 9.17) is 9.47 Å². The van der Waals surface area contributed by atoms with E-state index in [1.165, 1.54) is 0 Å². The third-order valence-electron chi connectivity index (χ3n) is 3.89. The number of hydrogen-bond donors (Lipinski definition) is 0. The highest BCUT2D eigenvalue weighted by molar-refractivity contribution is 5.94. The van der Waals surface area contributed by atoms with Gasteiger partial charge in [0, 0.05) is 18.8 Å². The molecule has 0 aliphatic carbocycles. The van der Waals surface area contributed by atoms with E-state index >= 15 is 0 Å². The van der Waals surface area contributed by atoms with Crippen molar-refractivity contribution in [1.82, 2.24) is 15.0 Å². The van der Waals surface area contributed by atoms with E-state index in [-0.39, 0.29) is 6.04 Å². The summed E-state index contributed by atoms with van der Waals surface area (Å²) in [6.45, 7) is 4.88. The van der Waals surface area contributed by atoms with Crippen molar-refractivity contribution in [3.8, 4) is 5.88 Å². The Bertz CT molecular complexity index is 661. The second kappa shape index (κ2) is 4.56. The van der Waals surface area contributed by atoms with Crippen LogP contribution < -0.4 is 9.64 Å². The van der Waals surface area contributed by atoms with Crippen LogP contribution in [-0.2, 0) is 4.74 Å². The predicted molar refractivity (Wildman–Crippen MR) is 74.1 cm³/mol. The molecule has 1 atom stereocenters. The number of anilines is 1. The standard InChI is InChI=1S/C14H16N4O2/c1-9-6-11-12-13(16-8-15-11)18-3-5-19-4-2-10(18)7-20-14(12)17-9/h6,8,10H,2-5,7H2,1H3. The molecule has 4 rings (SSSR count). The molecule has 6 heteroatoms. The normalized spacial score (nSPS) is 21.9. The largest absolute Gasteiger partial charge is 0.475 e. The van der Waals surface area contributed by atoms with Crippen molar-refractivity contribution >= 4 is 16.7 Å². The molecule has 1 fully saturated rings. The van der Waals surface area contributed by atoms with Crippen molar-refractivity contribution in [3.05, 3.63) is 18.1 Å². The molecule has 1 saturated heterocycles. The lowest BCUT2D eigenvalue weighted by Gasteiger charge is -2.27. The summed E-state index contributed by atoms with van der Waals surface area (Å²) in [5.41, 5.74) is 1.81. The van der Waals surface area contributed by atoms with Crippen molar-refractivity contribution in [2.45, 2.75) is 19.4 Å². The zero-order valence-electron chi connectivity index (χ0n) is 11.4. The summed E-state index contributed by atoms with van der Waals surface area (Å²) >= 11 is 0. The van der Waals surface area contributed by atoms with Crippen LogP contribution in [0, 0.1) is 6.92 Å². The topological polar surface area (TPSA) is 60.4 Å². The van der Waals surface area contributed by atoms with Gasteiger partial charge in [-0.05, 0) is 19.4 Å². The van der Waals surface area contributed by atoms with Gasteiger partial charge in [-0.15, -0.1) is 0 Å². The first kappa shape index (κ1) is 11.8. The number of aryl methyl sites for hydroxylation is 1. The SMILES string of the molecule is Cc1cc2ncnc3c2c(n1)OCC1CCOCCN31. The molecular weight excluding hydrogens is 256 g/mol. The first-order chi connectivity index (χ1) is 9.83. The number of pyridine rings is 1. The first-order valence-electron chi connectivity index (χ1n) is 6.92. The molecule has 104 valence electrons. The van der Waals surface area contributed by atoms with Gasteiger partial charge in [-0.25, -0.2) is 15.0 Å². The van der Waals surface area contributed by atoms with Crippen LogP contribution in [0.15, 0.2) is 12.4 Å². The number of hydrogen-bond acceptors (Lipinski definition) is 6. The molecule has 6 nitrogen and oxygen atoms in total. The highest BCUT2D eigenvalue weighted by atomic mass is 16.5. The molecular formula is C14H16N4O2. The highest BCUT2D eigenvalue weighted by Crippen LogP contribution is 2.35. The van der Waals surface area contributed by atoms with Gasteiger partial charge in [0.2, 0.25) is 5.88 Å². The molecule has 2 aliphatic rings. The van der Waals surface area contributed by atoms with E-state index in [9.17, 15) is 0 Å². The maximum Gasteiger partial charge on any atom is 0.227 e. The quantitative estimate of drug-likeness (QED) is 0.721. The molecule has 2 aromatic rings. The maximum absolute atomic E-state index is 5.94. The summed E-state index contributed by atoms with van der Waals surface area (Å²) < 4.78 is 11.5. The van der Waals surface area contributed by atoms with Gasteiger partial charge in [-0.1, -0.05) is 0 Å². The molecule has 0 spiro atoms. The zero-order chi connectivity index (χ0) is 13.5. The van der Waals surface area contributed by atoms with Crippen molar-refractivity contribution in [2.75, 3.05) is 31.3 Å². The van der Waals surface area contributed by atoms with Crippen molar-refractivity contribution in [3.63, 3.8) is 0 Å². The molecule has 0 saturated carbocycles. The average Bonchev–Trinajstić information content (AvgIpc) is 2.75. The van der Waals surface area contributed by atoms with Gasteiger partial charge >= 0.3 is 0 Å². The van der Waals surface area contributed by atoms with E-state index in [2.05, 4.69) is 19.9 Å². The average molecular weight is 272 g/mol. The number of aromatic nitrogens is 3. The molecule has 2 aliphatic heterocycles. The van der Waals surface area contributed by atoms with Gasteiger partial charge in [0.05, 0.1) is 18.2 Å². The summed E-state index contributed by atoms with van der Waals surface area (Å²) in [6, 6.07) is 2.26. The van der Waals surface area contributed by atoms with Crippen LogP contribution in [0.2, 0.25) is 0 Å². The van der Waals surface area contributed by atoms with Crippen molar-refractivity contribution in [1.29, 1.82) is 0 Å². The molecule has 0 N–H and O–H groups in total. The predicted octanol–water partition coefficient (Wildman–Crippen LogP) is 1.32. The molecule has 0 aromatic carbocycles. The second-order valence-corrected chi connectivity index (χ2v) is 5.22. The van der Waals surface area contributed by atoms with Crippen LogP contribution in [-0.4, -0.2) is 47.4 Å². The zero-order valence-corrected chi connectivity index (χ0v) is 11.4. The minimum Gasteiger partial charge on any atom is -0.475 e.